The number of halogens is 2. The first-order valence-corrected chi connectivity index (χ1v) is 15.2. The Hall–Kier alpha value is -2.73. The van der Waals surface area contributed by atoms with Gasteiger partial charge in [0.25, 0.3) is 0 Å². The minimum atomic E-state index is -1.81. The summed E-state index contributed by atoms with van der Waals surface area (Å²) < 4.78 is 22.8. The number of ether oxygens (including phenoxy) is 4. The summed E-state index contributed by atoms with van der Waals surface area (Å²) in [5.41, 5.74) is 0.137. The summed E-state index contributed by atoms with van der Waals surface area (Å²) in [4.78, 5) is 55.5. The van der Waals surface area contributed by atoms with E-state index in [2.05, 4.69) is 36.8 Å². The number of nitrogens with two attached hydrogens (primary N) is 1. The lowest BCUT2D eigenvalue weighted by Gasteiger charge is -2.51. The van der Waals surface area contributed by atoms with Crippen LogP contribution in [0.1, 0.15) is 86.9 Å². The van der Waals surface area contributed by atoms with Gasteiger partial charge < -0.3 is 24.7 Å². The molecule has 10 nitrogen and oxygen atoms in total. The van der Waals surface area contributed by atoms with Crippen LogP contribution < -0.4 is 5.73 Å². The maximum Gasteiger partial charge on any atom is 0.418 e. The summed E-state index contributed by atoms with van der Waals surface area (Å²) in [7, 11) is 0. The number of rotatable bonds is 8. The van der Waals surface area contributed by atoms with E-state index < -0.39 is 51.8 Å². The molecule has 2 aromatic rings. The lowest BCUT2D eigenvalue weighted by atomic mass is 9.65. The Labute approximate surface area is 263 Å². The second kappa shape index (κ2) is 12.5. The average Bonchev–Trinajstić information content (AvgIpc) is 2.79. The Bertz CT molecular complexity index is 1380. The standard InChI is InChI=1S/C30H40Br2N2O8/c1-26(2,3)30(42-25(33)38,22-21(32)19-13-17(15-31)11-12-18(19)16-34-22)29(9,10)41-24(37)23(36)40-28(7,8)14-20(35)39-27(4,5)6/h11-13,16H,14-15H2,1-10H3,(H2,33,38). The van der Waals surface area contributed by atoms with Gasteiger partial charge in [0.05, 0.1) is 10.9 Å². The molecule has 0 aliphatic rings. The number of carbonyl (C=O) groups is 4. The number of aromatic nitrogens is 1. The summed E-state index contributed by atoms with van der Waals surface area (Å²) in [6, 6.07) is 5.80. The van der Waals surface area contributed by atoms with Crippen molar-refractivity contribution in [3.63, 3.8) is 0 Å². The molecule has 1 atom stereocenters. The molecule has 2 N–H and O–H groups in total. The Morgan fingerprint density at radius 3 is 1.93 bits per heavy atom. The first kappa shape index (κ1) is 35.5. The maximum atomic E-state index is 13.2. The van der Waals surface area contributed by atoms with E-state index in [1.54, 1.807) is 47.7 Å². The molecule has 1 unspecified atom stereocenters. The zero-order chi connectivity index (χ0) is 32.5. The van der Waals surface area contributed by atoms with Gasteiger partial charge in [0.1, 0.15) is 16.9 Å². The number of amides is 1. The fraction of sp³-hybridized carbons (Fsp3) is 0.567. The van der Waals surface area contributed by atoms with Crippen molar-refractivity contribution in [2.75, 3.05) is 0 Å². The molecule has 0 saturated heterocycles. The molecule has 2 rings (SSSR count). The van der Waals surface area contributed by atoms with Crippen LogP contribution in [0.4, 0.5) is 4.79 Å². The SMILES string of the molecule is CC(C)(C)OC(=O)CC(C)(C)OC(=O)C(=O)OC(C)(C)C(OC(N)=O)(c1ncc2ccc(CBr)cc2c1Br)C(C)(C)C. The van der Waals surface area contributed by atoms with Gasteiger partial charge >= 0.3 is 24.0 Å². The van der Waals surface area contributed by atoms with E-state index in [1.807, 2.05) is 18.2 Å². The fourth-order valence-electron chi connectivity index (χ4n) is 4.97. The molecule has 1 aromatic heterocycles. The molecule has 0 aliphatic heterocycles. The number of hydrogen-bond acceptors (Lipinski definition) is 9. The first-order valence-electron chi connectivity index (χ1n) is 13.3. The monoisotopic (exact) mass is 714 g/mol. The number of hydrogen-bond donors (Lipinski definition) is 1. The van der Waals surface area contributed by atoms with Gasteiger partial charge in [0.2, 0.25) is 5.60 Å². The highest BCUT2D eigenvalue weighted by Gasteiger charge is 2.62. The molecule has 232 valence electrons. The van der Waals surface area contributed by atoms with Crippen molar-refractivity contribution in [2.45, 2.75) is 103 Å². The summed E-state index contributed by atoms with van der Waals surface area (Å²) in [6.45, 7) is 16.4. The molecule has 0 bridgehead atoms. The highest BCUT2D eigenvalue weighted by atomic mass is 79.9. The lowest BCUT2D eigenvalue weighted by molar-refractivity contribution is -0.224. The van der Waals surface area contributed by atoms with E-state index in [9.17, 15) is 19.2 Å². The number of primary amides is 1. The van der Waals surface area contributed by atoms with Gasteiger partial charge in [-0.15, -0.1) is 0 Å². The number of nitrogens with zero attached hydrogens (tertiary/aromatic N) is 1. The molecule has 0 fully saturated rings. The molecule has 0 aliphatic carbocycles. The molecular formula is C30H40Br2N2O8. The normalized spacial score (nSPS) is 14.1. The molecule has 1 aromatic carbocycles. The van der Waals surface area contributed by atoms with Crippen LogP contribution in [-0.4, -0.2) is 45.8 Å². The van der Waals surface area contributed by atoms with Gasteiger partial charge in [-0.05, 0) is 81.4 Å². The molecule has 1 heterocycles. The lowest BCUT2D eigenvalue weighted by Crippen LogP contribution is -2.61. The van der Waals surface area contributed by atoms with Crippen LogP contribution in [0.15, 0.2) is 28.9 Å². The van der Waals surface area contributed by atoms with Crippen molar-refractivity contribution in [1.82, 2.24) is 4.98 Å². The average molecular weight is 716 g/mol. The van der Waals surface area contributed by atoms with Crippen molar-refractivity contribution in [1.29, 1.82) is 0 Å². The Morgan fingerprint density at radius 2 is 1.43 bits per heavy atom. The molecule has 0 saturated carbocycles. The van der Waals surface area contributed by atoms with E-state index in [0.29, 0.717) is 9.80 Å². The van der Waals surface area contributed by atoms with Gasteiger partial charge in [0, 0.05) is 22.3 Å². The molecule has 1 amide bonds. The Morgan fingerprint density at radius 1 is 0.857 bits per heavy atom. The van der Waals surface area contributed by atoms with Gasteiger partial charge in [-0.3, -0.25) is 9.78 Å². The third-order valence-corrected chi connectivity index (χ3v) is 7.86. The van der Waals surface area contributed by atoms with Gasteiger partial charge in [-0.25, -0.2) is 14.4 Å². The maximum absolute atomic E-state index is 13.2. The van der Waals surface area contributed by atoms with Crippen LogP contribution in [-0.2, 0) is 44.3 Å². The zero-order valence-electron chi connectivity index (χ0n) is 25.8. The summed E-state index contributed by atoms with van der Waals surface area (Å²) in [5, 5.41) is 2.18. The van der Waals surface area contributed by atoms with E-state index in [-0.39, 0.29) is 12.1 Å². The number of alkyl halides is 1. The Kier molecular flexibility index (Phi) is 10.5. The molecule has 42 heavy (non-hydrogen) atoms. The van der Waals surface area contributed by atoms with Crippen LogP contribution in [0.5, 0.6) is 0 Å². The number of pyridine rings is 1. The van der Waals surface area contributed by atoms with Crippen molar-refractivity contribution in [3.8, 4) is 0 Å². The largest absolute Gasteiger partial charge is 0.460 e. The quantitative estimate of drug-likeness (QED) is 0.138. The van der Waals surface area contributed by atoms with Crippen molar-refractivity contribution < 1.29 is 38.1 Å². The van der Waals surface area contributed by atoms with Crippen LogP contribution in [0.3, 0.4) is 0 Å². The molecular weight excluding hydrogens is 676 g/mol. The van der Waals surface area contributed by atoms with Crippen LogP contribution in [0.25, 0.3) is 10.8 Å². The molecule has 0 radical (unpaired) electrons. The third kappa shape index (κ3) is 8.00. The van der Waals surface area contributed by atoms with Crippen LogP contribution in [0, 0.1) is 5.41 Å². The van der Waals surface area contributed by atoms with Gasteiger partial charge in [-0.1, -0.05) is 48.8 Å². The number of esters is 3. The zero-order valence-corrected chi connectivity index (χ0v) is 28.9. The minimum absolute atomic E-state index is 0.226. The van der Waals surface area contributed by atoms with Gasteiger partial charge in [-0.2, -0.15) is 0 Å². The topological polar surface area (TPSA) is 144 Å². The van der Waals surface area contributed by atoms with Crippen LogP contribution >= 0.6 is 31.9 Å². The van der Waals surface area contributed by atoms with Crippen molar-refractivity contribution in [3.05, 3.63) is 40.1 Å². The van der Waals surface area contributed by atoms with E-state index in [1.165, 1.54) is 27.7 Å². The number of carbonyl (C=O) groups excluding carboxylic acids is 4. The Balaban J connectivity index is 2.57. The van der Waals surface area contributed by atoms with E-state index in [4.69, 9.17) is 24.7 Å². The molecule has 0 spiro atoms. The summed E-state index contributed by atoms with van der Waals surface area (Å²) in [6.07, 6.45) is 0.176. The van der Waals surface area contributed by atoms with Crippen molar-refractivity contribution in [2.24, 2.45) is 11.1 Å². The second-order valence-electron chi connectivity index (χ2n) is 13.1. The highest BCUT2D eigenvalue weighted by molar-refractivity contribution is 9.10. The van der Waals surface area contributed by atoms with E-state index in [0.717, 1.165) is 16.3 Å². The summed E-state index contributed by atoms with van der Waals surface area (Å²) >= 11 is 7.11. The fourth-order valence-corrected chi connectivity index (χ4v) is 6.04. The van der Waals surface area contributed by atoms with Crippen molar-refractivity contribution >= 4 is 66.6 Å². The smallest absolute Gasteiger partial charge is 0.418 e. The molecule has 12 heteroatoms. The second-order valence-corrected chi connectivity index (χ2v) is 14.5. The number of benzene rings is 1. The predicted octanol–water partition coefficient (Wildman–Crippen LogP) is 6.60. The highest BCUT2D eigenvalue weighted by Crippen LogP contribution is 2.53. The minimum Gasteiger partial charge on any atom is -0.460 e. The first-order chi connectivity index (χ1) is 19.0. The number of fused-ring (bicyclic) bond motifs is 1. The van der Waals surface area contributed by atoms with Gasteiger partial charge in [0.15, 0.2) is 5.60 Å². The van der Waals surface area contributed by atoms with E-state index >= 15 is 0 Å². The van der Waals surface area contributed by atoms with Crippen LogP contribution in [0.2, 0.25) is 0 Å². The predicted molar refractivity (Wildman–Crippen MR) is 165 cm³/mol. The third-order valence-electron chi connectivity index (χ3n) is 6.41. The summed E-state index contributed by atoms with van der Waals surface area (Å²) in [5.74, 6) is -3.31.